The van der Waals surface area contributed by atoms with Crippen LogP contribution in [-0.4, -0.2) is 19.0 Å². The molecule has 0 radical (unpaired) electrons. The highest BCUT2D eigenvalue weighted by Gasteiger charge is 2.09. The molecule has 0 bridgehead atoms. The van der Waals surface area contributed by atoms with Crippen LogP contribution < -0.4 is 10.6 Å². The fourth-order valence-electron chi connectivity index (χ4n) is 1.53. The second kappa shape index (κ2) is 4.66. The first-order valence-electron chi connectivity index (χ1n) is 5.06. The summed E-state index contributed by atoms with van der Waals surface area (Å²) < 4.78 is 1.11. The van der Waals surface area contributed by atoms with Gasteiger partial charge in [-0.05, 0) is 24.6 Å². The van der Waals surface area contributed by atoms with Gasteiger partial charge in [-0.3, -0.25) is 4.99 Å². The molecule has 3 nitrogen and oxygen atoms in total. The predicted octanol–water partition coefficient (Wildman–Crippen LogP) is 2.06. The molecule has 15 heavy (non-hydrogen) atoms. The average molecular weight is 268 g/mol. The number of nitrogens with one attached hydrogen (secondary N) is 2. The van der Waals surface area contributed by atoms with Gasteiger partial charge in [-0.2, -0.15) is 0 Å². The molecule has 1 aromatic rings. The van der Waals surface area contributed by atoms with Gasteiger partial charge in [0.1, 0.15) is 0 Å². The molecule has 2 rings (SSSR count). The monoisotopic (exact) mass is 267 g/mol. The van der Waals surface area contributed by atoms with E-state index in [0.29, 0.717) is 0 Å². The largest absolute Gasteiger partial charge is 0.355 e. The van der Waals surface area contributed by atoms with E-state index in [4.69, 9.17) is 0 Å². The molecule has 4 heteroatoms. The molecule has 0 aliphatic carbocycles. The molecule has 1 aliphatic heterocycles. The van der Waals surface area contributed by atoms with Crippen LogP contribution in [0.15, 0.2) is 33.7 Å². The number of hydrogen-bond acceptors (Lipinski definition) is 3. The van der Waals surface area contributed by atoms with Gasteiger partial charge >= 0.3 is 0 Å². The number of rotatable bonds is 2. The minimum Gasteiger partial charge on any atom is -0.355 e. The lowest BCUT2D eigenvalue weighted by molar-refractivity contribution is 0.702. The third kappa shape index (κ3) is 2.72. The maximum Gasteiger partial charge on any atom is 0.191 e. The summed E-state index contributed by atoms with van der Waals surface area (Å²) in [5, 5.41) is 6.54. The normalized spacial score (nSPS) is 16.8. The Hall–Kier alpha value is -1.03. The maximum atomic E-state index is 4.30. The van der Waals surface area contributed by atoms with Crippen molar-refractivity contribution in [1.82, 2.24) is 10.6 Å². The summed E-state index contributed by atoms with van der Waals surface area (Å²) in [7, 11) is 0. The van der Waals surface area contributed by atoms with E-state index in [1.165, 1.54) is 5.56 Å². The van der Waals surface area contributed by atoms with Gasteiger partial charge in [0.25, 0.3) is 0 Å². The Morgan fingerprint density at radius 1 is 1.40 bits per heavy atom. The Morgan fingerprint density at radius 2 is 2.13 bits per heavy atom. The minimum absolute atomic E-state index is 0.280. The van der Waals surface area contributed by atoms with Gasteiger partial charge in [0, 0.05) is 11.0 Å². The zero-order valence-electron chi connectivity index (χ0n) is 8.63. The summed E-state index contributed by atoms with van der Waals surface area (Å²) in [5.74, 6) is 0.908. The smallest absolute Gasteiger partial charge is 0.191 e. The summed E-state index contributed by atoms with van der Waals surface area (Å²) in [5.41, 5.74) is 1.26. The van der Waals surface area contributed by atoms with Gasteiger partial charge in [0.2, 0.25) is 0 Å². The van der Waals surface area contributed by atoms with Crippen LogP contribution in [0.3, 0.4) is 0 Å². The van der Waals surface area contributed by atoms with Crippen LogP contribution in [0.4, 0.5) is 0 Å². The summed E-state index contributed by atoms with van der Waals surface area (Å²) in [6.45, 7) is 3.94. The molecule has 0 amide bonds. The van der Waals surface area contributed by atoms with Crippen LogP contribution in [0, 0.1) is 0 Å². The molecule has 1 heterocycles. The lowest BCUT2D eigenvalue weighted by Gasteiger charge is -2.15. The number of nitrogens with zero attached hydrogens (tertiary/aromatic N) is 1. The van der Waals surface area contributed by atoms with E-state index >= 15 is 0 Å². The maximum absolute atomic E-state index is 4.30. The van der Waals surface area contributed by atoms with E-state index in [2.05, 4.69) is 62.7 Å². The molecule has 0 unspecified atom stereocenters. The van der Waals surface area contributed by atoms with E-state index in [1.54, 1.807) is 0 Å². The van der Waals surface area contributed by atoms with Crippen molar-refractivity contribution in [1.29, 1.82) is 0 Å². The Kier molecular flexibility index (Phi) is 3.26. The lowest BCUT2D eigenvalue weighted by atomic mass is 10.1. The van der Waals surface area contributed by atoms with E-state index in [1.807, 2.05) is 0 Å². The molecular formula is C11H14BrN3. The van der Waals surface area contributed by atoms with Crippen LogP contribution in [0.25, 0.3) is 0 Å². The van der Waals surface area contributed by atoms with E-state index in [-0.39, 0.29) is 6.04 Å². The zero-order valence-corrected chi connectivity index (χ0v) is 10.2. The first kappa shape index (κ1) is 10.5. The van der Waals surface area contributed by atoms with E-state index in [9.17, 15) is 0 Å². The number of hydrogen-bond donors (Lipinski definition) is 2. The Balaban J connectivity index is 2.00. The Labute approximate surface area is 98.1 Å². The molecule has 0 fully saturated rings. The Morgan fingerprint density at radius 3 is 2.73 bits per heavy atom. The predicted molar refractivity (Wildman–Crippen MR) is 66.0 cm³/mol. The third-order valence-electron chi connectivity index (χ3n) is 2.40. The van der Waals surface area contributed by atoms with Gasteiger partial charge in [-0.1, -0.05) is 28.1 Å². The molecule has 2 N–H and O–H groups in total. The Bertz CT molecular complexity index is 359. The fourth-order valence-corrected chi connectivity index (χ4v) is 1.80. The van der Waals surface area contributed by atoms with Gasteiger partial charge in [-0.15, -0.1) is 0 Å². The second-order valence-corrected chi connectivity index (χ2v) is 4.49. The molecule has 0 saturated heterocycles. The number of benzene rings is 1. The topological polar surface area (TPSA) is 36.4 Å². The molecule has 80 valence electrons. The molecule has 1 aliphatic rings. The molecule has 0 aromatic heterocycles. The van der Waals surface area contributed by atoms with Crippen molar-refractivity contribution in [3.8, 4) is 0 Å². The summed E-state index contributed by atoms with van der Waals surface area (Å²) in [6.07, 6.45) is 0. The second-order valence-electron chi connectivity index (χ2n) is 3.57. The van der Waals surface area contributed by atoms with Crippen molar-refractivity contribution in [3.05, 3.63) is 34.3 Å². The van der Waals surface area contributed by atoms with Gasteiger partial charge in [-0.25, -0.2) is 0 Å². The SMILES string of the molecule is C[C@H](NC1=NCCN1)c1ccc(Br)cc1. The minimum atomic E-state index is 0.280. The quantitative estimate of drug-likeness (QED) is 0.861. The van der Waals surface area contributed by atoms with Gasteiger partial charge in [0.15, 0.2) is 5.96 Å². The molecule has 1 atom stereocenters. The van der Waals surface area contributed by atoms with Crippen LogP contribution in [0.1, 0.15) is 18.5 Å². The number of guanidine groups is 1. The van der Waals surface area contributed by atoms with Crippen molar-refractivity contribution in [2.45, 2.75) is 13.0 Å². The van der Waals surface area contributed by atoms with Crippen molar-refractivity contribution in [2.24, 2.45) is 4.99 Å². The highest BCUT2D eigenvalue weighted by atomic mass is 79.9. The molecule has 0 spiro atoms. The first-order valence-corrected chi connectivity index (χ1v) is 5.85. The first-order chi connectivity index (χ1) is 7.25. The van der Waals surface area contributed by atoms with Crippen LogP contribution in [0.2, 0.25) is 0 Å². The lowest BCUT2D eigenvalue weighted by Crippen LogP contribution is -2.35. The fraction of sp³-hybridized carbons (Fsp3) is 0.364. The van der Waals surface area contributed by atoms with Crippen molar-refractivity contribution in [2.75, 3.05) is 13.1 Å². The average Bonchev–Trinajstić information content (AvgIpc) is 2.71. The van der Waals surface area contributed by atoms with Crippen LogP contribution in [-0.2, 0) is 0 Å². The van der Waals surface area contributed by atoms with Crippen molar-refractivity contribution in [3.63, 3.8) is 0 Å². The van der Waals surface area contributed by atoms with Crippen molar-refractivity contribution >= 4 is 21.9 Å². The van der Waals surface area contributed by atoms with Crippen LogP contribution in [0.5, 0.6) is 0 Å². The van der Waals surface area contributed by atoms with E-state index < -0.39 is 0 Å². The standard InChI is InChI=1S/C11H14BrN3/c1-8(15-11-13-6-7-14-11)9-2-4-10(12)5-3-9/h2-5,8H,6-7H2,1H3,(H2,13,14,15)/t8-/m0/s1. The zero-order chi connectivity index (χ0) is 10.7. The number of halogens is 1. The molecule has 0 saturated carbocycles. The highest BCUT2D eigenvalue weighted by Crippen LogP contribution is 2.16. The van der Waals surface area contributed by atoms with Gasteiger partial charge < -0.3 is 10.6 Å². The number of aliphatic imine (C=N–C) groups is 1. The van der Waals surface area contributed by atoms with Crippen molar-refractivity contribution < 1.29 is 0 Å². The third-order valence-corrected chi connectivity index (χ3v) is 2.93. The summed E-state index contributed by atoms with van der Waals surface area (Å²) in [6, 6.07) is 8.60. The highest BCUT2D eigenvalue weighted by molar-refractivity contribution is 9.10. The molecular weight excluding hydrogens is 254 g/mol. The van der Waals surface area contributed by atoms with Crippen LogP contribution >= 0.6 is 15.9 Å². The van der Waals surface area contributed by atoms with Gasteiger partial charge in [0.05, 0.1) is 12.6 Å². The van der Waals surface area contributed by atoms with E-state index in [0.717, 1.165) is 23.5 Å². The summed E-state index contributed by atoms with van der Waals surface area (Å²) >= 11 is 3.43. The molecule has 1 aromatic carbocycles. The summed E-state index contributed by atoms with van der Waals surface area (Å²) in [4.78, 5) is 4.30.